The molecule has 1 fully saturated rings. The average Bonchev–Trinajstić information content (AvgIpc) is 2.50. The van der Waals surface area contributed by atoms with E-state index in [1.54, 1.807) is 12.3 Å². The van der Waals surface area contributed by atoms with Crippen molar-refractivity contribution in [1.82, 2.24) is 9.88 Å². The van der Waals surface area contributed by atoms with Crippen molar-refractivity contribution in [3.05, 3.63) is 28.0 Å². The third-order valence-electron chi connectivity index (χ3n) is 3.18. The summed E-state index contributed by atoms with van der Waals surface area (Å²) in [5, 5.41) is 1.17. The van der Waals surface area contributed by atoms with Crippen LogP contribution in [0.3, 0.4) is 0 Å². The quantitative estimate of drug-likeness (QED) is 0.754. The van der Waals surface area contributed by atoms with Gasteiger partial charge in [0.1, 0.15) is 5.15 Å². The molecular weight excluding hydrogens is 243 g/mol. The normalized spacial score (nSPS) is 26.2. The zero-order valence-corrected chi connectivity index (χ0v) is 11.1. The standard InChI is InChI=1S/C12H16Cl2N2/c1-8-3-9(2)16(6-8)7-10-5-15-12(14)4-11(10)13/h4-5,8-9H,3,6-7H2,1-2H3. The van der Waals surface area contributed by atoms with Gasteiger partial charge in [-0.1, -0.05) is 30.1 Å². The van der Waals surface area contributed by atoms with Gasteiger partial charge in [-0.05, 0) is 25.3 Å². The monoisotopic (exact) mass is 258 g/mol. The van der Waals surface area contributed by atoms with E-state index in [1.165, 1.54) is 6.42 Å². The third kappa shape index (κ3) is 2.68. The molecule has 16 heavy (non-hydrogen) atoms. The second kappa shape index (κ2) is 4.91. The van der Waals surface area contributed by atoms with E-state index in [0.717, 1.165) is 24.6 Å². The lowest BCUT2D eigenvalue weighted by Crippen LogP contribution is -2.26. The van der Waals surface area contributed by atoms with Crippen LogP contribution in [0, 0.1) is 5.92 Å². The summed E-state index contributed by atoms with van der Waals surface area (Å²) < 4.78 is 0. The van der Waals surface area contributed by atoms with Crippen LogP contribution in [0.15, 0.2) is 12.3 Å². The summed E-state index contributed by atoms with van der Waals surface area (Å²) in [6, 6.07) is 2.34. The predicted molar refractivity (Wildman–Crippen MR) is 67.9 cm³/mol. The number of pyridine rings is 1. The van der Waals surface area contributed by atoms with Gasteiger partial charge in [0.05, 0.1) is 0 Å². The summed E-state index contributed by atoms with van der Waals surface area (Å²) in [5.74, 6) is 0.772. The Morgan fingerprint density at radius 1 is 1.44 bits per heavy atom. The first-order valence-corrected chi connectivity index (χ1v) is 6.36. The predicted octanol–water partition coefficient (Wildman–Crippen LogP) is 3.62. The Balaban J connectivity index is 2.09. The van der Waals surface area contributed by atoms with E-state index in [2.05, 4.69) is 23.7 Å². The zero-order valence-electron chi connectivity index (χ0n) is 9.58. The van der Waals surface area contributed by atoms with Crippen LogP contribution in [-0.2, 0) is 6.54 Å². The van der Waals surface area contributed by atoms with Crippen LogP contribution in [0.4, 0.5) is 0 Å². The van der Waals surface area contributed by atoms with Crippen molar-refractivity contribution in [2.45, 2.75) is 32.9 Å². The molecule has 2 heterocycles. The molecule has 0 aromatic carbocycles. The minimum atomic E-state index is 0.455. The summed E-state index contributed by atoms with van der Waals surface area (Å²) in [4.78, 5) is 6.53. The van der Waals surface area contributed by atoms with Gasteiger partial charge < -0.3 is 0 Å². The van der Waals surface area contributed by atoms with E-state index in [9.17, 15) is 0 Å². The Morgan fingerprint density at radius 3 is 2.75 bits per heavy atom. The highest BCUT2D eigenvalue weighted by Gasteiger charge is 2.26. The second-order valence-electron chi connectivity index (χ2n) is 4.72. The molecule has 0 bridgehead atoms. The summed E-state index contributed by atoms with van der Waals surface area (Å²) in [6.45, 7) is 6.56. The van der Waals surface area contributed by atoms with Gasteiger partial charge in [0.2, 0.25) is 0 Å². The van der Waals surface area contributed by atoms with Crippen LogP contribution in [0.1, 0.15) is 25.8 Å². The molecule has 0 saturated carbocycles. The molecule has 88 valence electrons. The lowest BCUT2D eigenvalue weighted by Gasteiger charge is -2.21. The largest absolute Gasteiger partial charge is 0.296 e. The third-order valence-corrected chi connectivity index (χ3v) is 3.74. The number of aromatic nitrogens is 1. The molecule has 4 heteroatoms. The maximum absolute atomic E-state index is 6.14. The summed E-state index contributed by atoms with van der Waals surface area (Å²) in [5.41, 5.74) is 1.06. The molecule has 2 nitrogen and oxygen atoms in total. The summed E-state index contributed by atoms with van der Waals surface area (Å²) in [7, 11) is 0. The SMILES string of the molecule is CC1CC(C)N(Cc2cnc(Cl)cc2Cl)C1. The van der Waals surface area contributed by atoms with Gasteiger partial charge in [0, 0.05) is 35.9 Å². The van der Waals surface area contributed by atoms with E-state index in [-0.39, 0.29) is 0 Å². The number of hydrogen-bond donors (Lipinski definition) is 0. The lowest BCUT2D eigenvalue weighted by molar-refractivity contribution is 0.256. The van der Waals surface area contributed by atoms with Crippen molar-refractivity contribution >= 4 is 23.2 Å². The van der Waals surface area contributed by atoms with Crippen molar-refractivity contribution < 1.29 is 0 Å². The van der Waals surface area contributed by atoms with Gasteiger partial charge in [-0.15, -0.1) is 0 Å². The van der Waals surface area contributed by atoms with Crippen molar-refractivity contribution in [1.29, 1.82) is 0 Å². The van der Waals surface area contributed by atoms with Crippen LogP contribution in [0.2, 0.25) is 10.2 Å². The number of rotatable bonds is 2. The number of likely N-dealkylation sites (tertiary alicyclic amines) is 1. The lowest BCUT2D eigenvalue weighted by atomic mass is 10.1. The van der Waals surface area contributed by atoms with Gasteiger partial charge >= 0.3 is 0 Å². The topological polar surface area (TPSA) is 16.1 Å². The summed E-state index contributed by atoms with van der Waals surface area (Å²) >= 11 is 11.9. The Hall–Kier alpha value is -0.310. The smallest absolute Gasteiger partial charge is 0.130 e. The molecule has 1 aromatic heterocycles. The fourth-order valence-corrected chi connectivity index (χ4v) is 2.80. The Morgan fingerprint density at radius 2 is 2.19 bits per heavy atom. The molecular formula is C12H16Cl2N2. The first-order chi connectivity index (χ1) is 7.56. The molecule has 0 radical (unpaired) electrons. The maximum atomic E-state index is 6.14. The molecule has 0 aliphatic carbocycles. The van der Waals surface area contributed by atoms with Crippen molar-refractivity contribution in [3.63, 3.8) is 0 Å². The highest BCUT2D eigenvalue weighted by atomic mass is 35.5. The van der Waals surface area contributed by atoms with Crippen LogP contribution in [0.5, 0.6) is 0 Å². The zero-order chi connectivity index (χ0) is 11.7. The van der Waals surface area contributed by atoms with Gasteiger partial charge in [0.25, 0.3) is 0 Å². The van der Waals surface area contributed by atoms with E-state index in [4.69, 9.17) is 23.2 Å². The van der Waals surface area contributed by atoms with Crippen LogP contribution in [-0.4, -0.2) is 22.5 Å². The molecule has 2 rings (SSSR count). The fourth-order valence-electron chi connectivity index (χ4n) is 2.38. The first-order valence-electron chi connectivity index (χ1n) is 5.60. The molecule has 0 spiro atoms. The van der Waals surface area contributed by atoms with Crippen molar-refractivity contribution in [2.75, 3.05) is 6.54 Å². The van der Waals surface area contributed by atoms with Crippen LogP contribution < -0.4 is 0 Å². The van der Waals surface area contributed by atoms with Crippen molar-refractivity contribution in [3.8, 4) is 0 Å². The van der Waals surface area contributed by atoms with Gasteiger partial charge in [-0.3, -0.25) is 4.90 Å². The fraction of sp³-hybridized carbons (Fsp3) is 0.583. The average molecular weight is 259 g/mol. The van der Waals surface area contributed by atoms with E-state index in [1.807, 2.05) is 0 Å². The molecule has 2 atom stereocenters. The van der Waals surface area contributed by atoms with Crippen molar-refractivity contribution in [2.24, 2.45) is 5.92 Å². The second-order valence-corrected chi connectivity index (χ2v) is 5.51. The molecule has 0 amide bonds. The molecule has 1 saturated heterocycles. The Kier molecular flexibility index (Phi) is 3.73. The number of nitrogens with zero attached hydrogens (tertiary/aromatic N) is 2. The van der Waals surface area contributed by atoms with Crippen LogP contribution >= 0.6 is 23.2 Å². The van der Waals surface area contributed by atoms with E-state index < -0.39 is 0 Å². The first kappa shape index (κ1) is 12.2. The minimum absolute atomic E-state index is 0.455. The number of halogens is 2. The molecule has 1 aromatic rings. The number of hydrogen-bond acceptors (Lipinski definition) is 2. The summed E-state index contributed by atoms with van der Waals surface area (Å²) in [6.07, 6.45) is 3.04. The van der Waals surface area contributed by atoms with E-state index in [0.29, 0.717) is 16.2 Å². The van der Waals surface area contributed by atoms with Gasteiger partial charge in [-0.25, -0.2) is 4.98 Å². The molecule has 0 N–H and O–H groups in total. The molecule has 2 unspecified atom stereocenters. The molecule has 1 aliphatic heterocycles. The maximum Gasteiger partial charge on any atom is 0.130 e. The van der Waals surface area contributed by atoms with Gasteiger partial charge in [-0.2, -0.15) is 0 Å². The Labute approximate surface area is 107 Å². The molecule has 1 aliphatic rings. The van der Waals surface area contributed by atoms with E-state index >= 15 is 0 Å². The Bertz CT molecular complexity index is 381. The van der Waals surface area contributed by atoms with Crippen LogP contribution in [0.25, 0.3) is 0 Å². The minimum Gasteiger partial charge on any atom is -0.296 e. The highest BCUT2D eigenvalue weighted by Crippen LogP contribution is 2.27. The highest BCUT2D eigenvalue weighted by molar-refractivity contribution is 6.34. The van der Waals surface area contributed by atoms with Gasteiger partial charge in [0.15, 0.2) is 0 Å².